The fourth-order valence-corrected chi connectivity index (χ4v) is 4.40. The summed E-state index contributed by atoms with van der Waals surface area (Å²) >= 11 is 1.51. The predicted octanol–water partition coefficient (Wildman–Crippen LogP) is 1.89. The molecule has 1 aliphatic rings. The zero-order valence-corrected chi connectivity index (χ0v) is 13.5. The van der Waals surface area contributed by atoms with Crippen molar-refractivity contribution in [3.8, 4) is 0 Å². The fourth-order valence-electron chi connectivity index (χ4n) is 3.27. The number of aromatic nitrogens is 2. The van der Waals surface area contributed by atoms with Gasteiger partial charge < -0.3 is 4.90 Å². The van der Waals surface area contributed by atoms with Gasteiger partial charge in [0.2, 0.25) is 0 Å². The van der Waals surface area contributed by atoms with E-state index in [1.165, 1.54) is 15.9 Å². The van der Waals surface area contributed by atoms with E-state index in [0.29, 0.717) is 0 Å². The topological polar surface area (TPSA) is 58.1 Å². The van der Waals surface area contributed by atoms with E-state index < -0.39 is 0 Å². The molecule has 3 rings (SSSR count). The van der Waals surface area contributed by atoms with E-state index in [9.17, 15) is 9.59 Å². The highest BCUT2D eigenvalue weighted by Crippen LogP contribution is 2.27. The van der Waals surface area contributed by atoms with Gasteiger partial charge in [0.05, 0.1) is 5.39 Å². The number of nitrogens with one attached hydrogen (secondary N) is 1. The highest BCUT2D eigenvalue weighted by Gasteiger charge is 2.23. The van der Waals surface area contributed by atoms with Crippen LogP contribution in [0, 0.1) is 6.92 Å². The van der Waals surface area contributed by atoms with Gasteiger partial charge in [-0.15, -0.1) is 11.3 Å². The van der Waals surface area contributed by atoms with Crippen LogP contribution >= 0.6 is 11.3 Å². The van der Waals surface area contributed by atoms with E-state index in [-0.39, 0.29) is 17.3 Å². The molecule has 5 nitrogen and oxygen atoms in total. The van der Waals surface area contributed by atoms with Crippen molar-refractivity contribution < 1.29 is 0 Å². The Morgan fingerprint density at radius 3 is 2.57 bits per heavy atom. The highest BCUT2D eigenvalue weighted by molar-refractivity contribution is 7.18. The van der Waals surface area contributed by atoms with Crippen LogP contribution in [0.2, 0.25) is 0 Å². The lowest BCUT2D eigenvalue weighted by Crippen LogP contribution is -2.42. The van der Waals surface area contributed by atoms with Crippen molar-refractivity contribution in [3.63, 3.8) is 0 Å². The quantitative estimate of drug-likeness (QED) is 0.922. The minimum Gasteiger partial charge on any atom is -0.306 e. The van der Waals surface area contributed by atoms with Gasteiger partial charge in [0, 0.05) is 10.9 Å². The summed E-state index contributed by atoms with van der Waals surface area (Å²) in [6.45, 7) is 5.93. The molecule has 1 N–H and O–H groups in total. The summed E-state index contributed by atoms with van der Waals surface area (Å²) < 4.78 is 1.46. The number of nitrogens with zero attached hydrogens (tertiary/aromatic N) is 2. The molecule has 0 bridgehead atoms. The van der Waals surface area contributed by atoms with Crippen LogP contribution in [0.1, 0.15) is 36.2 Å². The summed E-state index contributed by atoms with van der Waals surface area (Å²) in [4.78, 5) is 32.2. The summed E-state index contributed by atoms with van der Waals surface area (Å²) in [5.41, 5.74) is 0.716. The van der Waals surface area contributed by atoms with Crippen molar-refractivity contribution in [2.75, 3.05) is 20.1 Å². The molecule has 0 spiro atoms. The van der Waals surface area contributed by atoms with Gasteiger partial charge in [0.15, 0.2) is 0 Å². The first kappa shape index (κ1) is 14.5. The van der Waals surface area contributed by atoms with Crippen LogP contribution in [0.3, 0.4) is 0 Å². The number of hydrogen-bond donors (Lipinski definition) is 1. The molecule has 0 amide bonds. The number of H-pyrrole nitrogens is 1. The average Bonchev–Trinajstić information content (AvgIpc) is 2.76. The highest BCUT2D eigenvalue weighted by atomic mass is 32.1. The van der Waals surface area contributed by atoms with Crippen LogP contribution in [0.15, 0.2) is 9.59 Å². The molecule has 0 unspecified atom stereocenters. The normalized spacial score (nSPS) is 17.7. The predicted molar refractivity (Wildman–Crippen MR) is 86.6 cm³/mol. The van der Waals surface area contributed by atoms with Crippen molar-refractivity contribution in [1.29, 1.82) is 0 Å². The number of aromatic amines is 1. The maximum absolute atomic E-state index is 12.9. The Labute approximate surface area is 127 Å². The van der Waals surface area contributed by atoms with Crippen LogP contribution in [0.25, 0.3) is 10.2 Å². The Kier molecular flexibility index (Phi) is 3.75. The van der Waals surface area contributed by atoms with Crippen LogP contribution in [0.4, 0.5) is 0 Å². The second kappa shape index (κ2) is 5.42. The molecule has 6 heteroatoms. The number of hydrogen-bond acceptors (Lipinski definition) is 4. The Morgan fingerprint density at radius 2 is 1.95 bits per heavy atom. The van der Waals surface area contributed by atoms with Gasteiger partial charge in [0.1, 0.15) is 4.83 Å². The number of aryl methyl sites for hydroxylation is 2. The van der Waals surface area contributed by atoms with Gasteiger partial charge >= 0.3 is 5.69 Å². The lowest BCUT2D eigenvalue weighted by molar-refractivity contribution is 0.216. The van der Waals surface area contributed by atoms with Gasteiger partial charge in [-0.3, -0.25) is 14.3 Å². The standard InChI is InChI=1S/C15H21N3O2S/c1-4-11-9(2)21-13-12(11)14(19)18(15(20)16-13)10-5-7-17(3)8-6-10/h10H,4-8H2,1-3H3,(H,16,20). The second-order valence-electron chi connectivity index (χ2n) is 5.83. The maximum Gasteiger partial charge on any atom is 0.329 e. The van der Waals surface area contributed by atoms with E-state index in [2.05, 4.69) is 23.9 Å². The van der Waals surface area contributed by atoms with Gasteiger partial charge in [-0.05, 0) is 51.9 Å². The largest absolute Gasteiger partial charge is 0.329 e. The third-order valence-electron chi connectivity index (χ3n) is 4.49. The van der Waals surface area contributed by atoms with Crippen molar-refractivity contribution in [2.45, 2.75) is 39.2 Å². The first-order valence-corrected chi connectivity index (χ1v) is 8.30. The molecule has 0 aromatic carbocycles. The van der Waals surface area contributed by atoms with E-state index in [1.54, 1.807) is 0 Å². The Hall–Kier alpha value is -1.40. The van der Waals surface area contributed by atoms with Crippen LogP contribution in [-0.2, 0) is 6.42 Å². The molecule has 1 fully saturated rings. The molecule has 1 aliphatic heterocycles. The molecule has 0 radical (unpaired) electrons. The van der Waals surface area contributed by atoms with E-state index in [4.69, 9.17) is 0 Å². The molecule has 0 saturated carbocycles. The zero-order chi connectivity index (χ0) is 15.1. The molecule has 1 saturated heterocycles. The monoisotopic (exact) mass is 307 g/mol. The van der Waals surface area contributed by atoms with Crippen LogP contribution in [-0.4, -0.2) is 34.6 Å². The molecule has 21 heavy (non-hydrogen) atoms. The minimum atomic E-state index is -0.258. The summed E-state index contributed by atoms with van der Waals surface area (Å²) in [7, 11) is 2.07. The van der Waals surface area contributed by atoms with Crippen molar-refractivity contribution in [3.05, 3.63) is 31.3 Å². The lowest BCUT2D eigenvalue weighted by atomic mass is 10.0. The molecular formula is C15H21N3O2S. The average molecular weight is 307 g/mol. The fraction of sp³-hybridized carbons (Fsp3) is 0.600. The lowest BCUT2D eigenvalue weighted by Gasteiger charge is -2.29. The van der Waals surface area contributed by atoms with Gasteiger partial charge in [-0.25, -0.2) is 4.79 Å². The molecule has 2 aromatic heterocycles. The van der Waals surface area contributed by atoms with Gasteiger partial charge in [0.25, 0.3) is 5.56 Å². The number of piperidine rings is 1. The smallest absolute Gasteiger partial charge is 0.306 e. The van der Waals surface area contributed by atoms with Crippen molar-refractivity contribution in [1.82, 2.24) is 14.5 Å². The summed E-state index contributed by atoms with van der Waals surface area (Å²) in [6, 6.07) is 0.0202. The molecule has 0 atom stereocenters. The first-order valence-electron chi connectivity index (χ1n) is 7.48. The molecule has 114 valence electrons. The zero-order valence-electron chi connectivity index (χ0n) is 12.7. The molecular weight excluding hydrogens is 286 g/mol. The number of rotatable bonds is 2. The SMILES string of the molecule is CCc1c(C)sc2[nH]c(=O)n(C3CCN(C)CC3)c(=O)c12. The van der Waals surface area contributed by atoms with Crippen LogP contribution < -0.4 is 11.2 Å². The summed E-state index contributed by atoms with van der Waals surface area (Å²) in [6.07, 6.45) is 2.53. The van der Waals surface area contributed by atoms with Crippen molar-refractivity contribution >= 4 is 21.6 Å². The number of fused-ring (bicyclic) bond motifs is 1. The van der Waals surface area contributed by atoms with E-state index in [1.807, 2.05) is 6.92 Å². The summed E-state index contributed by atoms with van der Waals surface area (Å²) in [5.74, 6) is 0. The molecule has 2 aromatic rings. The minimum absolute atomic E-state index is 0.0202. The first-order chi connectivity index (χ1) is 10.0. The Morgan fingerprint density at radius 1 is 1.29 bits per heavy atom. The maximum atomic E-state index is 12.9. The Balaban J connectivity index is 2.19. The van der Waals surface area contributed by atoms with Crippen LogP contribution in [0.5, 0.6) is 0 Å². The van der Waals surface area contributed by atoms with E-state index in [0.717, 1.165) is 53.0 Å². The third-order valence-corrected chi connectivity index (χ3v) is 5.55. The van der Waals surface area contributed by atoms with Gasteiger partial charge in [-0.2, -0.15) is 0 Å². The molecule has 3 heterocycles. The second-order valence-corrected chi connectivity index (χ2v) is 7.06. The van der Waals surface area contributed by atoms with E-state index >= 15 is 0 Å². The Bertz CT molecular complexity index is 779. The number of likely N-dealkylation sites (tertiary alicyclic amines) is 1. The molecule has 0 aliphatic carbocycles. The number of thiophene rings is 1. The summed E-state index contributed by atoms with van der Waals surface area (Å²) in [5, 5.41) is 0.721. The third kappa shape index (κ3) is 2.36. The van der Waals surface area contributed by atoms with Crippen molar-refractivity contribution in [2.24, 2.45) is 0 Å². The van der Waals surface area contributed by atoms with Gasteiger partial charge in [-0.1, -0.05) is 6.92 Å².